The fraction of sp³-hybridized carbons (Fsp3) is 0.818. The molecule has 0 radical (unpaired) electrons. The van der Waals surface area contributed by atoms with Gasteiger partial charge in [-0.1, -0.05) is 19.8 Å². The summed E-state index contributed by atoms with van der Waals surface area (Å²) >= 11 is 0. The number of rotatable bonds is 1. The number of hydrogen-bond acceptors (Lipinski definition) is 2. The zero-order chi connectivity index (χ0) is 11.0. The highest BCUT2D eigenvalue weighted by Gasteiger charge is 2.17. The van der Waals surface area contributed by atoms with E-state index in [2.05, 4.69) is 6.92 Å². The number of hydrogen-bond donors (Lipinski definition) is 1. The van der Waals surface area contributed by atoms with Crippen LogP contribution in [-0.2, 0) is 9.59 Å². The largest absolute Gasteiger partial charge is 0.481 e. The van der Waals surface area contributed by atoms with Crippen molar-refractivity contribution in [2.24, 2.45) is 5.92 Å². The van der Waals surface area contributed by atoms with Gasteiger partial charge in [0.1, 0.15) is 5.78 Å². The van der Waals surface area contributed by atoms with Crippen molar-refractivity contribution < 1.29 is 14.7 Å². The molecule has 0 aromatic heterocycles. The Morgan fingerprint density at radius 3 is 2.50 bits per heavy atom. The van der Waals surface area contributed by atoms with E-state index in [-0.39, 0.29) is 0 Å². The van der Waals surface area contributed by atoms with Crippen molar-refractivity contribution in [1.82, 2.24) is 0 Å². The molecular weight excluding hydrogens is 180 g/mol. The van der Waals surface area contributed by atoms with E-state index >= 15 is 0 Å². The number of carbonyl (C=O) groups is 2. The molecular formula is C11H20O3. The SMILES string of the molecule is CC(=O)O.CCC1CCCCCC1=O. The van der Waals surface area contributed by atoms with Gasteiger partial charge in [-0.05, 0) is 19.3 Å². The minimum atomic E-state index is -0.833. The maximum atomic E-state index is 11.2. The molecule has 1 rings (SSSR count). The molecule has 1 N–H and O–H groups in total. The molecule has 82 valence electrons. The highest BCUT2D eigenvalue weighted by molar-refractivity contribution is 5.81. The number of ketones is 1. The van der Waals surface area contributed by atoms with E-state index in [1.807, 2.05) is 0 Å². The minimum absolute atomic E-state index is 0.405. The quantitative estimate of drug-likeness (QED) is 0.662. The van der Waals surface area contributed by atoms with Crippen LogP contribution in [-0.4, -0.2) is 16.9 Å². The van der Waals surface area contributed by atoms with Gasteiger partial charge in [0.15, 0.2) is 0 Å². The lowest BCUT2D eigenvalue weighted by atomic mass is 9.96. The van der Waals surface area contributed by atoms with Gasteiger partial charge in [0.25, 0.3) is 5.97 Å². The van der Waals surface area contributed by atoms with Crippen LogP contribution in [0.25, 0.3) is 0 Å². The summed E-state index contributed by atoms with van der Waals surface area (Å²) in [6.45, 7) is 3.20. The van der Waals surface area contributed by atoms with Crippen LogP contribution in [0.4, 0.5) is 0 Å². The Morgan fingerprint density at radius 1 is 1.43 bits per heavy atom. The van der Waals surface area contributed by atoms with Crippen molar-refractivity contribution in [3.8, 4) is 0 Å². The third-order valence-electron chi connectivity index (χ3n) is 2.42. The second kappa shape index (κ2) is 7.54. The first-order valence-corrected chi connectivity index (χ1v) is 5.30. The first kappa shape index (κ1) is 13.1. The van der Waals surface area contributed by atoms with Gasteiger partial charge in [-0.2, -0.15) is 0 Å². The topological polar surface area (TPSA) is 54.4 Å². The van der Waals surface area contributed by atoms with Gasteiger partial charge in [-0.3, -0.25) is 9.59 Å². The van der Waals surface area contributed by atoms with Crippen molar-refractivity contribution in [1.29, 1.82) is 0 Å². The second-order valence-corrected chi connectivity index (χ2v) is 3.69. The van der Waals surface area contributed by atoms with Gasteiger partial charge in [0.2, 0.25) is 0 Å². The van der Waals surface area contributed by atoms with E-state index in [0.717, 1.165) is 32.6 Å². The molecule has 3 nitrogen and oxygen atoms in total. The van der Waals surface area contributed by atoms with Crippen molar-refractivity contribution in [2.45, 2.75) is 52.4 Å². The maximum Gasteiger partial charge on any atom is 0.300 e. The summed E-state index contributed by atoms with van der Waals surface area (Å²) in [5.74, 6) is 0.0856. The van der Waals surface area contributed by atoms with Crippen molar-refractivity contribution in [3.05, 3.63) is 0 Å². The van der Waals surface area contributed by atoms with E-state index in [9.17, 15) is 4.79 Å². The molecule has 0 aromatic carbocycles. The first-order chi connectivity index (χ1) is 6.57. The monoisotopic (exact) mass is 200 g/mol. The summed E-state index contributed by atoms with van der Waals surface area (Å²) in [5, 5.41) is 7.42. The number of carboxylic acid groups (broad SMARTS) is 1. The molecule has 1 unspecified atom stereocenters. The highest BCUT2D eigenvalue weighted by atomic mass is 16.4. The van der Waals surface area contributed by atoms with Crippen LogP contribution in [0.3, 0.4) is 0 Å². The number of Topliss-reactive ketones (excluding diaryl/α,β-unsaturated/α-hetero) is 1. The van der Waals surface area contributed by atoms with Crippen LogP contribution in [0.2, 0.25) is 0 Å². The lowest BCUT2D eigenvalue weighted by Gasteiger charge is -2.07. The first-order valence-electron chi connectivity index (χ1n) is 5.30. The smallest absolute Gasteiger partial charge is 0.300 e. The Kier molecular flexibility index (Phi) is 7.07. The lowest BCUT2D eigenvalue weighted by Crippen LogP contribution is -2.10. The van der Waals surface area contributed by atoms with Gasteiger partial charge in [-0.25, -0.2) is 0 Å². The van der Waals surface area contributed by atoms with Crippen LogP contribution in [0.1, 0.15) is 52.4 Å². The van der Waals surface area contributed by atoms with E-state index < -0.39 is 5.97 Å². The van der Waals surface area contributed by atoms with E-state index in [1.165, 1.54) is 12.8 Å². The van der Waals surface area contributed by atoms with Crippen molar-refractivity contribution in [2.75, 3.05) is 0 Å². The Balaban J connectivity index is 0.000000364. The molecule has 14 heavy (non-hydrogen) atoms. The summed E-state index contributed by atoms with van der Waals surface area (Å²) in [6, 6.07) is 0. The van der Waals surface area contributed by atoms with Crippen LogP contribution >= 0.6 is 0 Å². The summed E-state index contributed by atoms with van der Waals surface area (Å²) < 4.78 is 0. The molecule has 0 heterocycles. The van der Waals surface area contributed by atoms with Crippen molar-refractivity contribution in [3.63, 3.8) is 0 Å². The summed E-state index contributed by atoms with van der Waals surface area (Å²) in [7, 11) is 0. The second-order valence-electron chi connectivity index (χ2n) is 3.69. The normalized spacial score (nSPS) is 21.9. The molecule has 0 bridgehead atoms. The predicted octanol–water partition coefficient (Wildman–Crippen LogP) is 2.64. The van der Waals surface area contributed by atoms with Crippen LogP contribution in [0.5, 0.6) is 0 Å². The third kappa shape index (κ3) is 6.63. The van der Waals surface area contributed by atoms with Crippen molar-refractivity contribution >= 4 is 11.8 Å². The Labute approximate surface area is 85.5 Å². The predicted molar refractivity (Wildman–Crippen MR) is 55.2 cm³/mol. The molecule has 0 spiro atoms. The fourth-order valence-electron chi connectivity index (χ4n) is 1.66. The average molecular weight is 200 g/mol. The average Bonchev–Trinajstić information content (AvgIpc) is 2.28. The maximum absolute atomic E-state index is 11.2. The lowest BCUT2D eigenvalue weighted by molar-refractivity contribution is -0.134. The summed E-state index contributed by atoms with van der Waals surface area (Å²) in [4.78, 5) is 20.2. The van der Waals surface area contributed by atoms with E-state index in [1.54, 1.807) is 0 Å². The van der Waals surface area contributed by atoms with Crippen LogP contribution in [0.15, 0.2) is 0 Å². The Bertz CT molecular complexity index is 183. The number of aliphatic carboxylic acids is 1. The number of carboxylic acids is 1. The zero-order valence-electron chi connectivity index (χ0n) is 9.08. The standard InChI is InChI=1S/C9H16O.C2H4O2/c1-2-8-6-4-3-5-7-9(8)10;1-2(3)4/h8H,2-7H2,1H3;1H3,(H,3,4). The molecule has 0 amide bonds. The van der Waals surface area contributed by atoms with Crippen LogP contribution < -0.4 is 0 Å². The Morgan fingerprint density at radius 2 is 2.00 bits per heavy atom. The number of carbonyl (C=O) groups excluding carboxylic acids is 1. The van der Waals surface area contributed by atoms with Gasteiger partial charge in [-0.15, -0.1) is 0 Å². The molecule has 0 aliphatic heterocycles. The van der Waals surface area contributed by atoms with Gasteiger partial charge < -0.3 is 5.11 Å². The molecule has 0 saturated heterocycles. The molecule has 3 heteroatoms. The van der Waals surface area contributed by atoms with Gasteiger partial charge in [0.05, 0.1) is 0 Å². The highest BCUT2D eigenvalue weighted by Crippen LogP contribution is 2.21. The van der Waals surface area contributed by atoms with Gasteiger partial charge in [0, 0.05) is 19.3 Å². The molecule has 1 aliphatic carbocycles. The summed E-state index contributed by atoms with van der Waals surface area (Å²) in [5.41, 5.74) is 0. The molecule has 1 fully saturated rings. The molecule has 1 saturated carbocycles. The Hall–Kier alpha value is -0.860. The van der Waals surface area contributed by atoms with E-state index in [0.29, 0.717) is 11.7 Å². The molecule has 0 aromatic rings. The third-order valence-corrected chi connectivity index (χ3v) is 2.42. The van der Waals surface area contributed by atoms with E-state index in [4.69, 9.17) is 9.90 Å². The van der Waals surface area contributed by atoms with Gasteiger partial charge >= 0.3 is 0 Å². The summed E-state index contributed by atoms with van der Waals surface area (Å²) in [6.07, 6.45) is 6.72. The fourth-order valence-corrected chi connectivity index (χ4v) is 1.66. The molecule has 1 atom stereocenters. The minimum Gasteiger partial charge on any atom is -0.481 e. The zero-order valence-corrected chi connectivity index (χ0v) is 9.08. The molecule has 1 aliphatic rings. The van der Waals surface area contributed by atoms with Crippen LogP contribution in [0, 0.1) is 5.92 Å².